The summed E-state index contributed by atoms with van der Waals surface area (Å²) in [6.45, 7) is 1.75. The number of hydrogen-bond acceptors (Lipinski definition) is 2. The minimum atomic E-state index is -0.558. The van der Waals surface area contributed by atoms with E-state index in [0.717, 1.165) is 0 Å². The molecule has 0 unspecified atom stereocenters. The molecule has 0 aliphatic heterocycles. The number of carbonyl (C=O) groups excluding carboxylic acids is 2. The van der Waals surface area contributed by atoms with Crippen LogP contribution in [0, 0.1) is 0 Å². The van der Waals surface area contributed by atoms with Crippen LogP contribution >= 0.6 is 0 Å². The molecule has 68 valence electrons. The van der Waals surface area contributed by atoms with Gasteiger partial charge in [-0.25, -0.2) is 0 Å². The molecule has 0 aliphatic rings. The van der Waals surface area contributed by atoms with Crippen LogP contribution in [0.1, 0.15) is 34.1 Å². The quantitative estimate of drug-likeness (QED) is 0.709. The van der Waals surface area contributed by atoms with E-state index in [0.29, 0.717) is 17.5 Å². The lowest BCUT2D eigenvalue weighted by Gasteiger charge is -2.02. The molecule has 0 saturated heterocycles. The lowest BCUT2D eigenvalue weighted by Crippen LogP contribution is -2.15. The molecular formula is C10H11NO2. The van der Waals surface area contributed by atoms with Crippen molar-refractivity contribution in [1.82, 2.24) is 0 Å². The van der Waals surface area contributed by atoms with E-state index < -0.39 is 5.91 Å². The number of amides is 1. The number of hydrogen-bond donors (Lipinski definition) is 1. The maximum atomic E-state index is 11.3. The SMILES string of the molecule is CCC(=O)c1ccccc1C(N)=O. The minimum absolute atomic E-state index is 0.0607. The van der Waals surface area contributed by atoms with Gasteiger partial charge in [-0.3, -0.25) is 9.59 Å². The smallest absolute Gasteiger partial charge is 0.249 e. The van der Waals surface area contributed by atoms with E-state index in [1.807, 2.05) is 0 Å². The van der Waals surface area contributed by atoms with Crippen LogP contribution in [0.2, 0.25) is 0 Å². The summed E-state index contributed by atoms with van der Waals surface area (Å²) in [6.07, 6.45) is 0.379. The maximum Gasteiger partial charge on any atom is 0.249 e. The van der Waals surface area contributed by atoms with Gasteiger partial charge in [0.05, 0.1) is 0 Å². The van der Waals surface area contributed by atoms with Crippen molar-refractivity contribution in [1.29, 1.82) is 0 Å². The second-order valence-corrected chi connectivity index (χ2v) is 2.69. The fourth-order valence-corrected chi connectivity index (χ4v) is 1.13. The highest BCUT2D eigenvalue weighted by Gasteiger charge is 2.11. The predicted octanol–water partition coefficient (Wildman–Crippen LogP) is 1.38. The van der Waals surface area contributed by atoms with Gasteiger partial charge in [0.2, 0.25) is 5.91 Å². The fraction of sp³-hybridized carbons (Fsp3) is 0.200. The van der Waals surface area contributed by atoms with Crippen LogP contribution < -0.4 is 5.73 Å². The summed E-state index contributed by atoms with van der Waals surface area (Å²) in [5.41, 5.74) is 5.83. The Morgan fingerprint density at radius 3 is 2.23 bits per heavy atom. The summed E-state index contributed by atoms with van der Waals surface area (Å²) in [4.78, 5) is 22.2. The summed E-state index contributed by atoms with van der Waals surface area (Å²) < 4.78 is 0. The van der Waals surface area contributed by atoms with Crippen molar-refractivity contribution in [3.05, 3.63) is 35.4 Å². The summed E-state index contributed by atoms with van der Waals surface area (Å²) in [7, 11) is 0. The van der Waals surface area contributed by atoms with E-state index >= 15 is 0 Å². The lowest BCUT2D eigenvalue weighted by atomic mass is 10.0. The van der Waals surface area contributed by atoms with Crippen molar-refractivity contribution in [2.75, 3.05) is 0 Å². The van der Waals surface area contributed by atoms with Gasteiger partial charge in [-0.05, 0) is 6.07 Å². The molecule has 1 aromatic rings. The molecule has 1 amide bonds. The molecule has 0 heterocycles. The first kappa shape index (κ1) is 9.45. The van der Waals surface area contributed by atoms with Gasteiger partial charge < -0.3 is 5.73 Å². The number of benzene rings is 1. The number of nitrogens with two attached hydrogens (primary N) is 1. The molecule has 1 aromatic carbocycles. The molecule has 0 atom stereocenters. The monoisotopic (exact) mass is 177 g/mol. The standard InChI is InChI=1S/C10H11NO2/c1-2-9(12)7-5-3-4-6-8(7)10(11)13/h3-6H,2H2,1H3,(H2,11,13). The van der Waals surface area contributed by atoms with E-state index in [9.17, 15) is 9.59 Å². The van der Waals surface area contributed by atoms with Crippen LogP contribution in [-0.2, 0) is 0 Å². The predicted molar refractivity (Wildman–Crippen MR) is 49.6 cm³/mol. The zero-order valence-electron chi connectivity index (χ0n) is 7.41. The summed E-state index contributed by atoms with van der Waals surface area (Å²) in [6, 6.07) is 6.58. The average molecular weight is 177 g/mol. The minimum Gasteiger partial charge on any atom is -0.366 e. The first-order valence-electron chi connectivity index (χ1n) is 4.08. The van der Waals surface area contributed by atoms with E-state index in [1.54, 1.807) is 31.2 Å². The van der Waals surface area contributed by atoms with Crippen molar-refractivity contribution < 1.29 is 9.59 Å². The molecule has 13 heavy (non-hydrogen) atoms. The number of primary amides is 1. The second-order valence-electron chi connectivity index (χ2n) is 2.69. The highest BCUT2D eigenvalue weighted by Crippen LogP contribution is 2.10. The van der Waals surface area contributed by atoms with Crippen LogP contribution in [-0.4, -0.2) is 11.7 Å². The van der Waals surface area contributed by atoms with Gasteiger partial charge in [0.1, 0.15) is 0 Å². The van der Waals surface area contributed by atoms with Crippen molar-refractivity contribution in [2.24, 2.45) is 5.73 Å². The van der Waals surface area contributed by atoms with Crippen LogP contribution in [0.5, 0.6) is 0 Å². The number of ketones is 1. The molecule has 0 saturated carbocycles. The molecule has 3 heteroatoms. The molecule has 0 aliphatic carbocycles. The Morgan fingerprint density at radius 2 is 1.77 bits per heavy atom. The molecule has 3 nitrogen and oxygen atoms in total. The third-order valence-corrected chi connectivity index (χ3v) is 1.81. The summed E-state index contributed by atoms with van der Waals surface area (Å²) in [5.74, 6) is -0.619. The van der Waals surface area contributed by atoms with E-state index in [4.69, 9.17) is 5.73 Å². The van der Waals surface area contributed by atoms with E-state index in [2.05, 4.69) is 0 Å². The van der Waals surface area contributed by atoms with Crippen LogP contribution in [0.3, 0.4) is 0 Å². The molecule has 0 spiro atoms. The first-order valence-corrected chi connectivity index (χ1v) is 4.08. The number of rotatable bonds is 3. The summed E-state index contributed by atoms with van der Waals surface area (Å²) in [5, 5.41) is 0. The van der Waals surface area contributed by atoms with Crippen molar-refractivity contribution >= 4 is 11.7 Å². The molecule has 0 fully saturated rings. The van der Waals surface area contributed by atoms with E-state index in [1.165, 1.54) is 0 Å². The number of carbonyl (C=O) groups is 2. The van der Waals surface area contributed by atoms with Crippen molar-refractivity contribution in [3.8, 4) is 0 Å². The van der Waals surface area contributed by atoms with Gasteiger partial charge in [0.15, 0.2) is 5.78 Å². The molecule has 1 rings (SSSR count). The third-order valence-electron chi connectivity index (χ3n) is 1.81. The molecule has 0 aromatic heterocycles. The van der Waals surface area contributed by atoms with Gasteiger partial charge in [-0.2, -0.15) is 0 Å². The van der Waals surface area contributed by atoms with Gasteiger partial charge in [-0.1, -0.05) is 25.1 Å². The Kier molecular flexibility index (Phi) is 2.80. The Bertz CT molecular complexity index is 345. The zero-order valence-corrected chi connectivity index (χ0v) is 7.41. The molecule has 0 bridgehead atoms. The van der Waals surface area contributed by atoms with Crippen LogP contribution in [0.15, 0.2) is 24.3 Å². The molecule has 2 N–H and O–H groups in total. The number of Topliss-reactive ketones (excluding diaryl/α,β-unsaturated/α-hetero) is 1. The third kappa shape index (κ3) is 1.93. The van der Waals surface area contributed by atoms with Gasteiger partial charge in [0.25, 0.3) is 0 Å². The maximum absolute atomic E-state index is 11.3. The van der Waals surface area contributed by atoms with E-state index in [-0.39, 0.29) is 5.78 Å². The zero-order chi connectivity index (χ0) is 9.84. The second kappa shape index (κ2) is 3.85. The topological polar surface area (TPSA) is 60.2 Å². The highest BCUT2D eigenvalue weighted by molar-refractivity contribution is 6.07. The Morgan fingerprint density at radius 1 is 1.23 bits per heavy atom. The molecular weight excluding hydrogens is 166 g/mol. The highest BCUT2D eigenvalue weighted by atomic mass is 16.1. The lowest BCUT2D eigenvalue weighted by molar-refractivity contribution is 0.0961. The average Bonchev–Trinajstić information content (AvgIpc) is 2.16. The largest absolute Gasteiger partial charge is 0.366 e. The Balaban J connectivity index is 3.19. The summed E-state index contributed by atoms with van der Waals surface area (Å²) >= 11 is 0. The van der Waals surface area contributed by atoms with Gasteiger partial charge >= 0.3 is 0 Å². The van der Waals surface area contributed by atoms with Crippen molar-refractivity contribution in [3.63, 3.8) is 0 Å². The van der Waals surface area contributed by atoms with Crippen LogP contribution in [0.4, 0.5) is 0 Å². The molecule has 0 radical (unpaired) electrons. The normalized spacial score (nSPS) is 9.62. The van der Waals surface area contributed by atoms with Crippen LogP contribution in [0.25, 0.3) is 0 Å². The Labute approximate surface area is 76.6 Å². The first-order chi connectivity index (χ1) is 6.16. The van der Waals surface area contributed by atoms with Gasteiger partial charge in [0, 0.05) is 17.5 Å². The Hall–Kier alpha value is -1.64. The van der Waals surface area contributed by atoms with Gasteiger partial charge in [-0.15, -0.1) is 0 Å². The van der Waals surface area contributed by atoms with Crippen molar-refractivity contribution in [2.45, 2.75) is 13.3 Å². The fourth-order valence-electron chi connectivity index (χ4n) is 1.13.